The second kappa shape index (κ2) is 6.86. The van der Waals surface area contributed by atoms with Crippen LogP contribution in [0.4, 0.5) is 0 Å². The minimum Gasteiger partial charge on any atom is -0.358 e. The highest BCUT2D eigenvalue weighted by Crippen LogP contribution is 2.12. The molecule has 0 bridgehead atoms. The summed E-state index contributed by atoms with van der Waals surface area (Å²) in [5, 5.41) is 10.8. The molecule has 4 heteroatoms. The standard InChI is InChI=1S/C12H26N4/c1-4-12(5-6-14-3)16-9-7-15(8-10-16)11(2)13/h12-14H,4-10H2,1-3H3. The average molecular weight is 226 g/mol. The summed E-state index contributed by atoms with van der Waals surface area (Å²) in [5.41, 5.74) is 0. The first-order chi connectivity index (χ1) is 7.69. The van der Waals surface area contributed by atoms with Crippen molar-refractivity contribution in [3.8, 4) is 0 Å². The monoisotopic (exact) mass is 226 g/mol. The highest BCUT2D eigenvalue weighted by Gasteiger charge is 2.22. The van der Waals surface area contributed by atoms with Crippen LogP contribution in [0, 0.1) is 5.41 Å². The Morgan fingerprint density at radius 2 is 1.94 bits per heavy atom. The molecule has 94 valence electrons. The molecule has 0 radical (unpaired) electrons. The van der Waals surface area contributed by atoms with Gasteiger partial charge in [0.05, 0.1) is 5.84 Å². The Balaban J connectivity index is 2.35. The summed E-state index contributed by atoms with van der Waals surface area (Å²) in [5.74, 6) is 0.711. The van der Waals surface area contributed by atoms with E-state index in [9.17, 15) is 0 Å². The van der Waals surface area contributed by atoms with E-state index in [0.717, 1.165) is 32.7 Å². The Bertz CT molecular complexity index is 209. The van der Waals surface area contributed by atoms with E-state index in [1.165, 1.54) is 12.8 Å². The lowest BCUT2D eigenvalue weighted by Crippen LogP contribution is -2.51. The van der Waals surface area contributed by atoms with Gasteiger partial charge in [0.15, 0.2) is 0 Å². The number of rotatable bonds is 5. The first-order valence-electron chi connectivity index (χ1n) is 6.37. The molecule has 1 atom stereocenters. The smallest absolute Gasteiger partial charge is 0.0926 e. The van der Waals surface area contributed by atoms with E-state index in [-0.39, 0.29) is 0 Å². The molecule has 0 spiro atoms. The van der Waals surface area contributed by atoms with Crippen LogP contribution in [0.5, 0.6) is 0 Å². The number of piperazine rings is 1. The van der Waals surface area contributed by atoms with Gasteiger partial charge in [-0.3, -0.25) is 10.3 Å². The second-order valence-corrected chi connectivity index (χ2v) is 4.56. The molecular formula is C12H26N4. The predicted octanol–water partition coefficient (Wildman–Crippen LogP) is 0.989. The summed E-state index contributed by atoms with van der Waals surface area (Å²) in [6.07, 6.45) is 2.46. The molecule has 1 aliphatic heterocycles. The Kier molecular flexibility index (Phi) is 5.77. The molecule has 1 fully saturated rings. The number of nitrogens with zero attached hydrogens (tertiary/aromatic N) is 2. The third kappa shape index (κ3) is 3.76. The van der Waals surface area contributed by atoms with Crippen LogP contribution in [-0.4, -0.2) is 61.4 Å². The zero-order valence-electron chi connectivity index (χ0n) is 10.9. The fourth-order valence-electron chi connectivity index (χ4n) is 2.38. The summed E-state index contributed by atoms with van der Waals surface area (Å²) >= 11 is 0. The third-order valence-electron chi connectivity index (χ3n) is 3.50. The van der Waals surface area contributed by atoms with Crippen molar-refractivity contribution in [2.75, 3.05) is 39.8 Å². The first kappa shape index (κ1) is 13.5. The van der Waals surface area contributed by atoms with Crippen LogP contribution in [0.1, 0.15) is 26.7 Å². The van der Waals surface area contributed by atoms with Crippen LogP contribution in [0.25, 0.3) is 0 Å². The van der Waals surface area contributed by atoms with Crippen LogP contribution >= 0.6 is 0 Å². The van der Waals surface area contributed by atoms with Crippen molar-refractivity contribution in [1.82, 2.24) is 15.1 Å². The third-order valence-corrected chi connectivity index (χ3v) is 3.50. The van der Waals surface area contributed by atoms with Crippen molar-refractivity contribution in [3.63, 3.8) is 0 Å². The van der Waals surface area contributed by atoms with Crippen molar-refractivity contribution >= 4 is 5.84 Å². The minimum absolute atomic E-state index is 0.709. The summed E-state index contributed by atoms with van der Waals surface area (Å²) in [6, 6.07) is 0.709. The topological polar surface area (TPSA) is 42.4 Å². The predicted molar refractivity (Wildman–Crippen MR) is 69.2 cm³/mol. The lowest BCUT2D eigenvalue weighted by molar-refractivity contribution is 0.122. The molecule has 1 saturated heterocycles. The Morgan fingerprint density at radius 1 is 1.31 bits per heavy atom. The molecule has 0 aromatic rings. The molecule has 0 amide bonds. The van der Waals surface area contributed by atoms with Gasteiger partial charge in [-0.25, -0.2) is 0 Å². The van der Waals surface area contributed by atoms with Gasteiger partial charge in [0.25, 0.3) is 0 Å². The fraction of sp³-hybridized carbons (Fsp3) is 0.917. The summed E-state index contributed by atoms with van der Waals surface area (Å²) < 4.78 is 0. The number of hydrogen-bond acceptors (Lipinski definition) is 3. The van der Waals surface area contributed by atoms with Gasteiger partial charge < -0.3 is 10.2 Å². The molecule has 1 rings (SSSR count). The molecule has 1 aliphatic rings. The second-order valence-electron chi connectivity index (χ2n) is 4.56. The zero-order chi connectivity index (χ0) is 12.0. The van der Waals surface area contributed by atoms with Gasteiger partial charge in [-0.2, -0.15) is 0 Å². The summed E-state index contributed by atoms with van der Waals surface area (Å²) in [6.45, 7) is 9.51. The highest BCUT2D eigenvalue weighted by molar-refractivity contribution is 5.76. The van der Waals surface area contributed by atoms with E-state index in [4.69, 9.17) is 5.41 Å². The largest absolute Gasteiger partial charge is 0.358 e. The van der Waals surface area contributed by atoms with E-state index in [2.05, 4.69) is 22.0 Å². The maximum absolute atomic E-state index is 7.62. The SMILES string of the molecule is CCC(CCNC)N1CCN(C(C)=N)CC1. The highest BCUT2D eigenvalue weighted by atomic mass is 15.3. The van der Waals surface area contributed by atoms with Gasteiger partial charge in [0.2, 0.25) is 0 Å². The van der Waals surface area contributed by atoms with Crippen LogP contribution in [0.3, 0.4) is 0 Å². The molecule has 0 aromatic carbocycles. The lowest BCUT2D eigenvalue weighted by atomic mass is 10.1. The molecular weight excluding hydrogens is 200 g/mol. The molecule has 16 heavy (non-hydrogen) atoms. The Hall–Kier alpha value is -0.610. The fourth-order valence-corrected chi connectivity index (χ4v) is 2.38. The maximum Gasteiger partial charge on any atom is 0.0926 e. The van der Waals surface area contributed by atoms with Crippen LogP contribution in [0.2, 0.25) is 0 Å². The van der Waals surface area contributed by atoms with E-state index in [1.54, 1.807) is 0 Å². The van der Waals surface area contributed by atoms with Gasteiger partial charge in [-0.1, -0.05) is 6.92 Å². The van der Waals surface area contributed by atoms with E-state index >= 15 is 0 Å². The van der Waals surface area contributed by atoms with Crippen molar-refractivity contribution in [2.45, 2.75) is 32.7 Å². The molecule has 4 nitrogen and oxygen atoms in total. The average Bonchev–Trinajstić information content (AvgIpc) is 2.30. The molecule has 0 saturated carbocycles. The Morgan fingerprint density at radius 3 is 2.38 bits per heavy atom. The molecule has 1 unspecified atom stereocenters. The van der Waals surface area contributed by atoms with E-state index in [0.29, 0.717) is 11.9 Å². The Labute approximate surface area is 99.5 Å². The van der Waals surface area contributed by atoms with Gasteiger partial charge in [-0.05, 0) is 33.4 Å². The summed E-state index contributed by atoms with van der Waals surface area (Å²) in [4.78, 5) is 4.75. The van der Waals surface area contributed by atoms with Crippen LogP contribution < -0.4 is 5.32 Å². The maximum atomic E-state index is 7.62. The van der Waals surface area contributed by atoms with Crippen molar-refractivity contribution < 1.29 is 0 Å². The number of amidine groups is 1. The van der Waals surface area contributed by atoms with Gasteiger partial charge >= 0.3 is 0 Å². The lowest BCUT2D eigenvalue weighted by Gasteiger charge is -2.39. The number of nitrogens with one attached hydrogen (secondary N) is 2. The quantitative estimate of drug-likeness (QED) is 0.543. The normalized spacial score (nSPS) is 19.8. The molecule has 1 heterocycles. The van der Waals surface area contributed by atoms with Crippen LogP contribution in [0.15, 0.2) is 0 Å². The first-order valence-corrected chi connectivity index (χ1v) is 6.37. The van der Waals surface area contributed by atoms with E-state index < -0.39 is 0 Å². The minimum atomic E-state index is 0.709. The molecule has 2 N–H and O–H groups in total. The summed E-state index contributed by atoms with van der Waals surface area (Å²) in [7, 11) is 2.02. The number of hydrogen-bond donors (Lipinski definition) is 2. The molecule has 0 aliphatic carbocycles. The van der Waals surface area contributed by atoms with Crippen molar-refractivity contribution in [2.24, 2.45) is 0 Å². The van der Waals surface area contributed by atoms with Gasteiger partial charge in [0, 0.05) is 32.2 Å². The van der Waals surface area contributed by atoms with E-state index in [1.807, 2.05) is 14.0 Å². The van der Waals surface area contributed by atoms with Gasteiger partial charge in [0.1, 0.15) is 0 Å². The van der Waals surface area contributed by atoms with Crippen molar-refractivity contribution in [1.29, 1.82) is 5.41 Å². The van der Waals surface area contributed by atoms with Gasteiger partial charge in [-0.15, -0.1) is 0 Å². The molecule has 0 aromatic heterocycles. The van der Waals surface area contributed by atoms with Crippen molar-refractivity contribution in [3.05, 3.63) is 0 Å². The van der Waals surface area contributed by atoms with Crippen LogP contribution in [-0.2, 0) is 0 Å². The zero-order valence-corrected chi connectivity index (χ0v) is 10.9.